The number of rotatable bonds is 6. The molecule has 1 aliphatic carbocycles. The standard InChI is InChI=1S/C21H24N2O3/c1-14-12-19(15(2)22(14)13-18-6-4-10-25-18)21(24)23(17-8-9-17)16(3)20-7-5-11-26-20/h4-7,10-12,16-17H,8-9,13H2,1-3H3. The molecule has 0 aliphatic heterocycles. The van der Waals surface area contributed by atoms with E-state index in [1.54, 1.807) is 12.5 Å². The lowest BCUT2D eigenvalue weighted by Crippen LogP contribution is -2.35. The van der Waals surface area contributed by atoms with Gasteiger partial charge in [-0.05, 0) is 63.9 Å². The molecule has 0 N–H and O–H groups in total. The average Bonchev–Trinajstić information content (AvgIpc) is 3.05. The first-order chi connectivity index (χ1) is 12.6. The third-order valence-electron chi connectivity index (χ3n) is 5.25. The molecule has 26 heavy (non-hydrogen) atoms. The van der Waals surface area contributed by atoms with Gasteiger partial charge in [0.2, 0.25) is 0 Å². The number of hydrogen-bond donors (Lipinski definition) is 0. The number of furan rings is 2. The van der Waals surface area contributed by atoms with Crippen molar-refractivity contribution >= 4 is 5.91 Å². The fraction of sp³-hybridized carbons (Fsp3) is 0.381. The molecule has 0 spiro atoms. The quantitative estimate of drug-likeness (QED) is 0.646. The second-order valence-electron chi connectivity index (χ2n) is 7.09. The van der Waals surface area contributed by atoms with Crippen LogP contribution in [-0.4, -0.2) is 21.4 Å². The molecule has 1 amide bonds. The van der Waals surface area contributed by atoms with E-state index in [-0.39, 0.29) is 11.9 Å². The van der Waals surface area contributed by atoms with Crippen molar-refractivity contribution < 1.29 is 13.6 Å². The van der Waals surface area contributed by atoms with Gasteiger partial charge in [-0.1, -0.05) is 0 Å². The van der Waals surface area contributed by atoms with Crippen LogP contribution in [0.25, 0.3) is 0 Å². The van der Waals surface area contributed by atoms with E-state index in [2.05, 4.69) is 4.57 Å². The van der Waals surface area contributed by atoms with Crippen LogP contribution in [0.3, 0.4) is 0 Å². The highest BCUT2D eigenvalue weighted by molar-refractivity contribution is 5.96. The van der Waals surface area contributed by atoms with Crippen LogP contribution in [0.1, 0.15) is 59.1 Å². The van der Waals surface area contributed by atoms with Crippen molar-refractivity contribution in [2.75, 3.05) is 0 Å². The Bertz CT molecular complexity index is 886. The topological polar surface area (TPSA) is 51.5 Å². The molecule has 3 aromatic rings. The summed E-state index contributed by atoms with van der Waals surface area (Å²) in [6.45, 7) is 6.71. The highest BCUT2D eigenvalue weighted by atomic mass is 16.3. The Balaban J connectivity index is 1.64. The van der Waals surface area contributed by atoms with E-state index in [4.69, 9.17) is 8.83 Å². The van der Waals surface area contributed by atoms with Crippen molar-refractivity contribution in [1.29, 1.82) is 0 Å². The first-order valence-corrected chi connectivity index (χ1v) is 9.11. The summed E-state index contributed by atoms with van der Waals surface area (Å²) < 4.78 is 13.2. The molecule has 0 aromatic carbocycles. The predicted molar refractivity (Wildman–Crippen MR) is 98.0 cm³/mol. The number of aromatic nitrogens is 1. The Hall–Kier alpha value is -2.69. The summed E-state index contributed by atoms with van der Waals surface area (Å²) >= 11 is 0. The molecular weight excluding hydrogens is 328 g/mol. The summed E-state index contributed by atoms with van der Waals surface area (Å²) in [6.07, 6.45) is 5.45. The first-order valence-electron chi connectivity index (χ1n) is 9.11. The van der Waals surface area contributed by atoms with E-state index >= 15 is 0 Å². The third-order valence-corrected chi connectivity index (χ3v) is 5.25. The maximum absolute atomic E-state index is 13.4. The van der Waals surface area contributed by atoms with Crippen LogP contribution in [0.2, 0.25) is 0 Å². The van der Waals surface area contributed by atoms with Crippen molar-refractivity contribution in [2.24, 2.45) is 0 Å². The number of nitrogens with zero attached hydrogens (tertiary/aromatic N) is 2. The second kappa shape index (κ2) is 6.56. The van der Waals surface area contributed by atoms with E-state index in [1.807, 2.05) is 56.0 Å². The van der Waals surface area contributed by atoms with Gasteiger partial charge in [-0.2, -0.15) is 0 Å². The molecule has 0 radical (unpaired) electrons. The van der Waals surface area contributed by atoms with E-state index < -0.39 is 0 Å². The van der Waals surface area contributed by atoms with Gasteiger partial charge in [0.25, 0.3) is 5.91 Å². The van der Waals surface area contributed by atoms with Crippen LogP contribution >= 0.6 is 0 Å². The van der Waals surface area contributed by atoms with Crippen LogP contribution in [-0.2, 0) is 6.54 Å². The van der Waals surface area contributed by atoms with Crippen molar-refractivity contribution in [1.82, 2.24) is 9.47 Å². The van der Waals surface area contributed by atoms with Gasteiger partial charge in [0.1, 0.15) is 11.5 Å². The Morgan fingerprint density at radius 3 is 2.58 bits per heavy atom. The summed E-state index contributed by atoms with van der Waals surface area (Å²) in [5.74, 6) is 1.79. The SMILES string of the molecule is Cc1cc(C(=O)N(C2CC2)C(C)c2ccco2)c(C)n1Cc1ccco1. The van der Waals surface area contributed by atoms with Crippen LogP contribution in [0.5, 0.6) is 0 Å². The third kappa shape index (κ3) is 2.98. The number of amides is 1. The first kappa shape index (κ1) is 16.8. The molecule has 1 saturated carbocycles. The van der Waals surface area contributed by atoms with Crippen LogP contribution < -0.4 is 0 Å². The monoisotopic (exact) mass is 352 g/mol. The number of carbonyl (C=O) groups is 1. The molecular formula is C21H24N2O3. The van der Waals surface area contributed by atoms with E-state index in [1.165, 1.54) is 0 Å². The molecule has 0 bridgehead atoms. The zero-order chi connectivity index (χ0) is 18.3. The number of hydrogen-bond acceptors (Lipinski definition) is 3. The maximum Gasteiger partial charge on any atom is 0.256 e. The van der Waals surface area contributed by atoms with Crippen molar-refractivity contribution in [3.8, 4) is 0 Å². The number of aryl methyl sites for hydroxylation is 1. The van der Waals surface area contributed by atoms with Crippen LogP contribution in [0.15, 0.2) is 51.7 Å². The molecule has 3 aromatic heterocycles. The molecule has 0 saturated heterocycles. The minimum absolute atomic E-state index is 0.0712. The summed E-state index contributed by atoms with van der Waals surface area (Å²) in [4.78, 5) is 15.4. The van der Waals surface area contributed by atoms with E-state index in [9.17, 15) is 4.79 Å². The van der Waals surface area contributed by atoms with Gasteiger partial charge in [-0.25, -0.2) is 0 Å². The lowest BCUT2D eigenvalue weighted by atomic mass is 10.1. The van der Waals surface area contributed by atoms with E-state index in [0.29, 0.717) is 12.6 Å². The largest absolute Gasteiger partial charge is 0.467 e. The van der Waals surface area contributed by atoms with Crippen molar-refractivity contribution in [3.05, 3.63) is 71.3 Å². The minimum Gasteiger partial charge on any atom is -0.467 e. The summed E-state index contributed by atoms with van der Waals surface area (Å²) in [6, 6.07) is 9.87. The van der Waals surface area contributed by atoms with Crippen molar-refractivity contribution in [3.63, 3.8) is 0 Å². The van der Waals surface area contributed by atoms with Crippen LogP contribution in [0, 0.1) is 13.8 Å². The van der Waals surface area contributed by atoms with Crippen molar-refractivity contribution in [2.45, 2.75) is 52.2 Å². The fourth-order valence-electron chi connectivity index (χ4n) is 3.64. The highest BCUT2D eigenvalue weighted by Crippen LogP contribution is 2.36. The average molecular weight is 352 g/mol. The highest BCUT2D eigenvalue weighted by Gasteiger charge is 2.38. The number of carbonyl (C=O) groups excluding carboxylic acids is 1. The molecule has 1 unspecified atom stereocenters. The fourth-order valence-corrected chi connectivity index (χ4v) is 3.64. The van der Waals surface area contributed by atoms with E-state index in [0.717, 1.165) is 41.3 Å². The molecule has 1 atom stereocenters. The molecule has 5 heteroatoms. The Morgan fingerprint density at radius 1 is 1.23 bits per heavy atom. The summed E-state index contributed by atoms with van der Waals surface area (Å²) in [7, 11) is 0. The van der Waals surface area contributed by atoms with Gasteiger partial charge in [0.05, 0.1) is 30.7 Å². The van der Waals surface area contributed by atoms with Gasteiger partial charge in [-0.15, -0.1) is 0 Å². The normalized spacial score (nSPS) is 15.2. The zero-order valence-electron chi connectivity index (χ0n) is 15.4. The van der Waals surface area contributed by atoms with Crippen LogP contribution in [0.4, 0.5) is 0 Å². The molecule has 5 nitrogen and oxygen atoms in total. The minimum atomic E-state index is -0.0712. The van der Waals surface area contributed by atoms with Gasteiger partial charge in [0, 0.05) is 17.4 Å². The molecule has 1 aliphatic rings. The predicted octanol–water partition coefficient (Wildman–Crippen LogP) is 4.71. The zero-order valence-corrected chi connectivity index (χ0v) is 15.4. The lowest BCUT2D eigenvalue weighted by Gasteiger charge is -2.28. The Morgan fingerprint density at radius 2 is 1.96 bits per heavy atom. The Labute approximate surface area is 153 Å². The lowest BCUT2D eigenvalue weighted by molar-refractivity contribution is 0.0652. The molecule has 1 fully saturated rings. The molecule has 4 rings (SSSR count). The Kier molecular flexibility index (Phi) is 4.23. The van der Waals surface area contributed by atoms with Gasteiger partial charge in [0.15, 0.2) is 0 Å². The molecule has 136 valence electrons. The van der Waals surface area contributed by atoms with Gasteiger partial charge < -0.3 is 18.3 Å². The molecule has 3 heterocycles. The summed E-state index contributed by atoms with van der Waals surface area (Å²) in [5.41, 5.74) is 2.80. The van der Waals surface area contributed by atoms with Gasteiger partial charge in [-0.3, -0.25) is 4.79 Å². The maximum atomic E-state index is 13.4. The van der Waals surface area contributed by atoms with Gasteiger partial charge >= 0.3 is 0 Å². The smallest absolute Gasteiger partial charge is 0.256 e. The second-order valence-corrected chi connectivity index (χ2v) is 7.09. The summed E-state index contributed by atoms with van der Waals surface area (Å²) in [5, 5.41) is 0.